The van der Waals surface area contributed by atoms with E-state index in [0.29, 0.717) is 36.6 Å². The van der Waals surface area contributed by atoms with Crippen LogP contribution in [0.2, 0.25) is 0 Å². The molecular weight excluding hydrogens is 268 g/mol. The molecule has 2 unspecified atom stereocenters. The monoisotopic (exact) mass is 286 g/mol. The number of pyridine rings is 1. The van der Waals surface area contributed by atoms with Crippen molar-refractivity contribution in [2.75, 3.05) is 33.3 Å². The number of aryl methyl sites for hydroxylation is 1. The smallest absolute Gasteiger partial charge is 0.272 e. The Morgan fingerprint density at radius 1 is 1.48 bits per heavy atom. The first kappa shape index (κ1) is 14.0. The summed E-state index contributed by atoms with van der Waals surface area (Å²) in [5, 5.41) is 8.92. The molecule has 6 heteroatoms. The summed E-state index contributed by atoms with van der Waals surface area (Å²) in [7, 11) is 2.07. The van der Waals surface area contributed by atoms with Crippen LogP contribution in [-0.4, -0.2) is 66.1 Å². The molecule has 2 fully saturated rings. The van der Waals surface area contributed by atoms with Gasteiger partial charge in [0.15, 0.2) is 0 Å². The number of hydrogen-bond donors (Lipinski definition) is 0. The van der Waals surface area contributed by atoms with E-state index in [1.165, 1.54) is 0 Å². The second-order valence-electron chi connectivity index (χ2n) is 5.61. The second-order valence-corrected chi connectivity index (χ2v) is 5.61. The van der Waals surface area contributed by atoms with E-state index < -0.39 is 0 Å². The number of morpholine rings is 1. The number of likely N-dealkylation sites (N-methyl/N-ethyl adjacent to an activating group) is 1. The lowest BCUT2D eigenvalue weighted by molar-refractivity contribution is -0.0368. The molecule has 0 saturated carbocycles. The molecule has 6 nitrogen and oxygen atoms in total. The minimum Gasteiger partial charge on any atom is -0.373 e. The molecule has 0 spiro atoms. The van der Waals surface area contributed by atoms with Crippen molar-refractivity contribution >= 4 is 5.91 Å². The molecule has 0 aliphatic carbocycles. The van der Waals surface area contributed by atoms with Gasteiger partial charge in [-0.05, 0) is 26.1 Å². The molecule has 2 saturated heterocycles. The average molecular weight is 286 g/mol. The summed E-state index contributed by atoms with van der Waals surface area (Å²) in [5.41, 5.74) is 1.49. The molecule has 2 aliphatic rings. The van der Waals surface area contributed by atoms with E-state index in [4.69, 9.17) is 10.00 Å². The van der Waals surface area contributed by atoms with Crippen molar-refractivity contribution in [2.24, 2.45) is 0 Å². The highest BCUT2D eigenvalue weighted by Crippen LogP contribution is 2.23. The predicted molar refractivity (Wildman–Crippen MR) is 75.8 cm³/mol. The van der Waals surface area contributed by atoms with Crippen LogP contribution in [0.15, 0.2) is 12.1 Å². The van der Waals surface area contributed by atoms with Crippen molar-refractivity contribution in [1.82, 2.24) is 14.8 Å². The summed E-state index contributed by atoms with van der Waals surface area (Å²) >= 11 is 0. The summed E-state index contributed by atoms with van der Waals surface area (Å²) in [6.07, 6.45) is 0.0900. The Kier molecular flexibility index (Phi) is 3.62. The summed E-state index contributed by atoms with van der Waals surface area (Å²) in [6, 6.07) is 5.61. The number of aromatic nitrogens is 1. The molecule has 21 heavy (non-hydrogen) atoms. The minimum atomic E-state index is -0.0889. The first-order chi connectivity index (χ1) is 10.1. The van der Waals surface area contributed by atoms with Crippen molar-refractivity contribution in [3.8, 4) is 6.07 Å². The van der Waals surface area contributed by atoms with Crippen molar-refractivity contribution in [2.45, 2.75) is 19.1 Å². The number of ether oxygens (including phenoxy) is 1. The van der Waals surface area contributed by atoms with Crippen molar-refractivity contribution in [3.63, 3.8) is 0 Å². The Morgan fingerprint density at radius 3 is 2.95 bits per heavy atom. The van der Waals surface area contributed by atoms with Crippen molar-refractivity contribution < 1.29 is 9.53 Å². The maximum absolute atomic E-state index is 12.6. The SMILES string of the molecule is Cc1nc(C(=O)N2CC3OCCN(C)C3C2)ccc1C#N. The van der Waals surface area contributed by atoms with Crippen LogP contribution in [-0.2, 0) is 4.74 Å². The number of carbonyl (C=O) groups excluding carboxylic acids is 1. The van der Waals surface area contributed by atoms with E-state index >= 15 is 0 Å². The molecule has 1 aromatic heterocycles. The molecule has 2 aliphatic heterocycles. The molecule has 3 heterocycles. The number of amides is 1. The zero-order chi connectivity index (χ0) is 15.0. The quantitative estimate of drug-likeness (QED) is 0.748. The highest BCUT2D eigenvalue weighted by molar-refractivity contribution is 5.92. The van der Waals surface area contributed by atoms with Crippen molar-refractivity contribution in [1.29, 1.82) is 5.26 Å². The van der Waals surface area contributed by atoms with Gasteiger partial charge in [0.05, 0.1) is 30.0 Å². The van der Waals surface area contributed by atoms with Crippen LogP contribution >= 0.6 is 0 Å². The molecule has 0 bridgehead atoms. The Hall–Kier alpha value is -1.97. The fraction of sp³-hybridized carbons (Fsp3) is 0.533. The van der Waals surface area contributed by atoms with E-state index in [-0.39, 0.29) is 18.1 Å². The van der Waals surface area contributed by atoms with E-state index in [0.717, 1.165) is 6.54 Å². The largest absolute Gasteiger partial charge is 0.373 e. The van der Waals surface area contributed by atoms with Gasteiger partial charge in [-0.1, -0.05) is 0 Å². The minimum absolute atomic E-state index is 0.0889. The molecule has 2 atom stereocenters. The highest BCUT2D eigenvalue weighted by atomic mass is 16.5. The molecular formula is C15H18N4O2. The third kappa shape index (κ3) is 2.50. The molecule has 3 rings (SSSR count). The Bertz CT molecular complexity index is 610. The fourth-order valence-electron chi connectivity index (χ4n) is 2.98. The Balaban J connectivity index is 1.77. The number of nitriles is 1. The maximum Gasteiger partial charge on any atom is 0.272 e. The molecule has 110 valence electrons. The highest BCUT2D eigenvalue weighted by Gasteiger charge is 2.40. The lowest BCUT2D eigenvalue weighted by atomic mass is 10.1. The van der Waals surface area contributed by atoms with E-state index in [9.17, 15) is 4.79 Å². The maximum atomic E-state index is 12.6. The van der Waals surface area contributed by atoms with Gasteiger partial charge in [-0.3, -0.25) is 9.69 Å². The summed E-state index contributed by atoms with van der Waals surface area (Å²) in [5.74, 6) is -0.0889. The van der Waals surface area contributed by atoms with Crippen LogP contribution < -0.4 is 0 Å². The van der Waals surface area contributed by atoms with Gasteiger partial charge < -0.3 is 9.64 Å². The molecule has 0 radical (unpaired) electrons. The number of likely N-dealkylation sites (tertiary alicyclic amines) is 1. The number of hydrogen-bond acceptors (Lipinski definition) is 5. The van der Waals surface area contributed by atoms with E-state index in [1.807, 2.05) is 0 Å². The van der Waals surface area contributed by atoms with Gasteiger partial charge in [-0.15, -0.1) is 0 Å². The van der Waals surface area contributed by atoms with Crippen LogP contribution in [0, 0.1) is 18.3 Å². The molecule has 1 aromatic rings. The van der Waals surface area contributed by atoms with Gasteiger partial charge in [0.25, 0.3) is 5.91 Å². The van der Waals surface area contributed by atoms with Gasteiger partial charge >= 0.3 is 0 Å². The Labute approximate surface area is 123 Å². The zero-order valence-electron chi connectivity index (χ0n) is 12.2. The predicted octanol–water partition coefficient (Wildman–Crippen LogP) is 0.417. The fourth-order valence-corrected chi connectivity index (χ4v) is 2.98. The molecule has 0 aromatic carbocycles. The van der Waals surface area contributed by atoms with Gasteiger partial charge in [0.1, 0.15) is 11.8 Å². The van der Waals surface area contributed by atoms with Crippen LogP contribution in [0.4, 0.5) is 0 Å². The summed E-state index contributed by atoms with van der Waals surface area (Å²) in [4.78, 5) is 20.9. The third-order valence-electron chi connectivity index (χ3n) is 4.29. The number of nitrogens with zero attached hydrogens (tertiary/aromatic N) is 4. The van der Waals surface area contributed by atoms with Gasteiger partial charge in [0, 0.05) is 19.6 Å². The zero-order valence-corrected chi connectivity index (χ0v) is 12.2. The van der Waals surface area contributed by atoms with E-state index in [2.05, 4.69) is 23.0 Å². The number of fused-ring (bicyclic) bond motifs is 1. The van der Waals surface area contributed by atoms with Crippen LogP contribution in [0.5, 0.6) is 0 Å². The van der Waals surface area contributed by atoms with Crippen LogP contribution in [0.25, 0.3) is 0 Å². The van der Waals surface area contributed by atoms with Crippen molar-refractivity contribution in [3.05, 3.63) is 29.1 Å². The van der Waals surface area contributed by atoms with Gasteiger partial charge in [-0.2, -0.15) is 5.26 Å². The summed E-state index contributed by atoms with van der Waals surface area (Å²) in [6.45, 7) is 4.64. The molecule has 1 amide bonds. The number of rotatable bonds is 1. The standard InChI is InChI=1S/C15H18N4O2/c1-10-11(7-16)3-4-12(17-10)15(20)19-8-13-14(9-19)21-6-5-18(13)2/h3-4,13-14H,5-6,8-9H2,1-2H3. The average Bonchev–Trinajstić information content (AvgIpc) is 2.92. The Morgan fingerprint density at radius 2 is 2.29 bits per heavy atom. The topological polar surface area (TPSA) is 69.5 Å². The normalized spacial score (nSPS) is 25.5. The summed E-state index contributed by atoms with van der Waals surface area (Å²) < 4.78 is 5.75. The van der Waals surface area contributed by atoms with Crippen LogP contribution in [0.1, 0.15) is 21.7 Å². The lowest BCUT2D eigenvalue weighted by Gasteiger charge is -2.33. The third-order valence-corrected chi connectivity index (χ3v) is 4.29. The number of carbonyl (C=O) groups is 1. The van der Waals surface area contributed by atoms with Gasteiger partial charge in [-0.25, -0.2) is 4.98 Å². The van der Waals surface area contributed by atoms with E-state index in [1.54, 1.807) is 24.0 Å². The second kappa shape index (κ2) is 5.43. The molecule has 0 N–H and O–H groups in total. The lowest BCUT2D eigenvalue weighted by Crippen LogP contribution is -2.48. The van der Waals surface area contributed by atoms with Crippen LogP contribution in [0.3, 0.4) is 0 Å². The van der Waals surface area contributed by atoms with Gasteiger partial charge in [0.2, 0.25) is 0 Å². The first-order valence-electron chi connectivity index (χ1n) is 7.09. The first-order valence-corrected chi connectivity index (χ1v) is 7.09.